The number of carboxylic acids is 1. The number of hydrogen-bond donors (Lipinski definition) is 10. The first-order valence-electron chi connectivity index (χ1n) is 15.5. The second kappa shape index (κ2) is 15.8. The Bertz CT molecular complexity index is 1980. The summed E-state index contributed by atoms with van der Waals surface area (Å²) in [6, 6.07) is 4.99. The molecule has 2 unspecified atom stereocenters. The maximum atomic E-state index is 14.6. The van der Waals surface area contributed by atoms with E-state index in [1.807, 2.05) is 0 Å². The van der Waals surface area contributed by atoms with E-state index in [0.717, 1.165) is 17.0 Å². The minimum atomic E-state index is -2.07. The van der Waals surface area contributed by atoms with Crippen molar-refractivity contribution < 1.29 is 68.0 Å². The highest BCUT2D eigenvalue weighted by Gasteiger charge is 2.42. The fourth-order valence-electron chi connectivity index (χ4n) is 5.57. The fraction of sp³-hybridized carbons (Fsp3) is 0.258. The third kappa shape index (κ3) is 8.28. The quantitative estimate of drug-likeness (QED) is 0.0532. The van der Waals surface area contributed by atoms with E-state index in [2.05, 4.69) is 21.3 Å². The number of fused-ring (bicyclic) bond motifs is 1. The smallest absolute Gasteiger partial charge is 0.534 e. The third-order valence-corrected chi connectivity index (χ3v) is 8.61. The van der Waals surface area contributed by atoms with Gasteiger partial charge in [-0.2, -0.15) is 0 Å². The molecule has 2 heterocycles. The molecule has 0 saturated carbocycles. The van der Waals surface area contributed by atoms with Gasteiger partial charge in [-0.3, -0.25) is 24.6 Å². The number of hydrogen-bond acceptors (Lipinski definition) is 13. The van der Waals surface area contributed by atoms with Crippen molar-refractivity contribution in [1.29, 1.82) is 0 Å². The van der Waals surface area contributed by atoms with Crippen LogP contribution in [0.25, 0.3) is 0 Å². The van der Waals surface area contributed by atoms with Crippen molar-refractivity contribution in [2.45, 2.75) is 24.8 Å². The van der Waals surface area contributed by atoms with Crippen LogP contribution in [0.5, 0.6) is 23.0 Å². The minimum absolute atomic E-state index is 0.0252. The molecule has 3 atom stereocenters. The van der Waals surface area contributed by atoms with Gasteiger partial charge in [-0.25, -0.2) is 18.4 Å². The molecule has 2 aliphatic rings. The first-order valence-corrected chi connectivity index (χ1v) is 15.9. The van der Waals surface area contributed by atoms with E-state index in [0.29, 0.717) is 16.7 Å². The number of carbonyl (C=O) groups excluding carboxylic acids is 4. The molecule has 5 amide bonds. The topological polar surface area (TPSA) is 271 Å². The number of halogens is 3. The number of phenols is 3. The molecule has 18 nitrogen and oxygen atoms in total. The number of imide groups is 1. The summed E-state index contributed by atoms with van der Waals surface area (Å²) in [7, 11) is -1.98. The van der Waals surface area contributed by atoms with Gasteiger partial charge in [0.15, 0.2) is 23.7 Å². The van der Waals surface area contributed by atoms with E-state index in [4.69, 9.17) is 16.3 Å². The number of piperazine rings is 1. The van der Waals surface area contributed by atoms with Gasteiger partial charge < -0.3 is 56.1 Å². The van der Waals surface area contributed by atoms with Crippen molar-refractivity contribution in [2.75, 3.05) is 31.5 Å². The molecular weight excluding hydrogens is 733 g/mol. The molecule has 0 spiro atoms. The Morgan fingerprint density at radius 1 is 1.02 bits per heavy atom. The summed E-state index contributed by atoms with van der Waals surface area (Å²) in [5.74, 6) is -12.4. The van der Waals surface area contributed by atoms with E-state index in [9.17, 15) is 63.3 Å². The van der Waals surface area contributed by atoms with Crippen molar-refractivity contribution >= 4 is 54.1 Å². The zero-order chi connectivity index (χ0) is 38.7. The van der Waals surface area contributed by atoms with Crippen LogP contribution in [-0.2, 0) is 20.8 Å². The number of nitrogens with zero attached hydrogens (tertiary/aromatic N) is 2. The van der Waals surface area contributed by atoms with Gasteiger partial charge in [-0.1, -0.05) is 23.7 Å². The number of aliphatic hydroxyl groups is 1. The number of aliphatic hydroxyl groups excluding tert-OH is 1. The molecule has 0 bridgehead atoms. The summed E-state index contributed by atoms with van der Waals surface area (Å²) < 4.78 is 34.0. The van der Waals surface area contributed by atoms with Crippen LogP contribution in [-0.4, -0.2) is 116 Å². The number of phenolic OH excluding ortho intramolecular Hbond substituents is 3. The number of anilines is 1. The summed E-state index contributed by atoms with van der Waals surface area (Å²) in [5.41, 5.74) is -1.05. The third-order valence-electron chi connectivity index (χ3n) is 8.21. The standard InChI is InChI=1S/C31H30BClF2N6O12/c33-21-16(12-18(35)23(43)24(21)44)22(26(45)38-19-10-13-4-5-17(34)20(29(48)49)25(13)53-32(19)52)39-31(51)41-9-8-40(27(46)28(41)47)7-6-36-30(50)37-14-2-1-3-15(42)11-14/h1-5,11-12,19,22,30,36-37,42-44,50,52H,6-10H2,(H,38,45)(H,39,51)(H,48,49)/t19-,22?,30?/m0/s1. The lowest BCUT2D eigenvalue weighted by molar-refractivity contribution is -0.153. The van der Waals surface area contributed by atoms with Crippen LogP contribution in [0, 0.1) is 11.6 Å². The number of nitrogens with one attached hydrogen (secondary N) is 4. The Labute approximate surface area is 302 Å². The number of rotatable bonds is 11. The Kier molecular flexibility index (Phi) is 11.4. The minimum Gasteiger partial charge on any atom is -0.534 e. The van der Waals surface area contributed by atoms with Gasteiger partial charge in [0.2, 0.25) is 5.91 Å². The molecule has 5 rings (SSSR count). The lowest BCUT2D eigenvalue weighted by Crippen LogP contribution is -2.60. The first-order chi connectivity index (χ1) is 25.1. The highest BCUT2D eigenvalue weighted by molar-refractivity contribution is 6.47. The van der Waals surface area contributed by atoms with Crippen molar-refractivity contribution in [3.63, 3.8) is 0 Å². The molecule has 3 aromatic carbocycles. The molecule has 0 aromatic heterocycles. The average molecular weight is 763 g/mol. The molecule has 280 valence electrons. The second-order valence-corrected chi connectivity index (χ2v) is 12.1. The van der Waals surface area contributed by atoms with Crippen molar-refractivity contribution in [1.82, 2.24) is 25.8 Å². The van der Waals surface area contributed by atoms with E-state index >= 15 is 0 Å². The maximum Gasteiger partial charge on any atom is 0.547 e. The number of urea groups is 1. The predicted octanol–water partition coefficient (Wildman–Crippen LogP) is -0.0281. The van der Waals surface area contributed by atoms with Crippen LogP contribution >= 0.6 is 11.6 Å². The number of carboxylic acid groups (broad SMARTS) is 1. The molecule has 53 heavy (non-hydrogen) atoms. The molecule has 10 N–H and O–H groups in total. The van der Waals surface area contributed by atoms with E-state index < -0.39 is 107 Å². The van der Waals surface area contributed by atoms with Crippen LogP contribution in [0.15, 0.2) is 42.5 Å². The summed E-state index contributed by atoms with van der Waals surface area (Å²) in [6.45, 7) is -0.707. The molecule has 2 aliphatic heterocycles. The normalized spacial score (nSPS) is 16.7. The van der Waals surface area contributed by atoms with Gasteiger partial charge >= 0.3 is 30.9 Å². The van der Waals surface area contributed by atoms with Crippen LogP contribution in [0.4, 0.5) is 19.3 Å². The van der Waals surface area contributed by atoms with Gasteiger partial charge in [0.25, 0.3) is 0 Å². The average Bonchev–Trinajstić information content (AvgIpc) is 3.10. The fourth-order valence-corrected chi connectivity index (χ4v) is 5.82. The van der Waals surface area contributed by atoms with E-state index in [-0.39, 0.29) is 37.4 Å². The Morgan fingerprint density at radius 2 is 1.75 bits per heavy atom. The summed E-state index contributed by atoms with van der Waals surface area (Å²) in [5, 5.41) is 68.7. The zero-order valence-electron chi connectivity index (χ0n) is 27.0. The first kappa shape index (κ1) is 38.3. The van der Waals surface area contributed by atoms with Gasteiger partial charge in [0.05, 0.1) is 11.0 Å². The van der Waals surface area contributed by atoms with E-state index in [1.165, 1.54) is 12.1 Å². The van der Waals surface area contributed by atoms with Gasteiger partial charge in [0, 0.05) is 43.5 Å². The predicted molar refractivity (Wildman–Crippen MR) is 178 cm³/mol. The van der Waals surface area contributed by atoms with Gasteiger partial charge in [-0.15, -0.1) is 0 Å². The lowest BCUT2D eigenvalue weighted by atomic mass is 9.72. The summed E-state index contributed by atoms with van der Waals surface area (Å²) in [4.78, 5) is 66.1. The SMILES string of the molecule is O=C(O)c1c(F)ccc2c1OB(O)[C@@H](NC(=O)C(NC(=O)N1CCN(CCNC(O)Nc3cccc(O)c3)C(=O)C1=O)c1cc(F)c(O)c(O)c1Cl)C2. The molecule has 1 saturated heterocycles. The van der Waals surface area contributed by atoms with E-state index in [1.54, 1.807) is 12.1 Å². The number of carbonyl (C=O) groups is 5. The van der Waals surface area contributed by atoms with Crippen molar-refractivity contribution in [3.05, 3.63) is 75.8 Å². The highest BCUT2D eigenvalue weighted by atomic mass is 35.5. The molecule has 0 radical (unpaired) electrons. The molecule has 0 aliphatic carbocycles. The zero-order valence-corrected chi connectivity index (χ0v) is 27.8. The largest absolute Gasteiger partial charge is 0.547 e. The molecule has 3 aromatic rings. The summed E-state index contributed by atoms with van der Waals surface area (Å²) >= 11 is 6.12. The Balaban J connectivity index is 1.28. The van der Waals surface area contributed by atoms with Crippen LogP contribution < -0.4 is 25.9 Å². The number of amides is 5. The van der Waals surface area contributed by atoms with Gasteiger partial charge in [0.1, 0.15) is 28.9 Å². The highest BCUT2D eigenvalue weighted by Crippen LogP contribution is 2.40. The van der Waals surface area contributed by atoms with Crippen LogP contribution in [0.2, 0.25) is 5.02 Å². The monoisotopic (exact) mass is 762 g/mol. The van der Waals surface area contributed by atoms with Crippen molar-refractivity contribution in [3.8, 4) is 23.0 Å². The van der Waals surface area contributed by atoms with Gasteiger partial charge in [-0.05, 0) is 36.2 Å². The number of aromatic carboxylic acids is 1. The lowest BCUT2D eigenvalue weighted by Gasteiger charge is -2.34. The van der Waals surface area contributed by atoms with Crippen LogP contribution in [0.1, 0.15) is 27.5 Å². The Morgan fingerprint density at radius 3 is 2.45 bits per heavy atom. The second-order valence-electron chi connectivity index (χ2n) is 11.7. The Hall–Kier alpha value is -5.90. The van der Waals surface area contributed by atoms with Crippen LogP contribution in [0.3, 0.4) is 0 Å². The molecule has 22 heteroatoms. The summed E-state index contributed by atoms with van der Waals surface area (Å²) in [6.07, 6.45) is -1.64. The number of benzene rings is 3. The molecule has 1 fully saturated rings. The maximum absolute atomic E-state index is 14.6. The molecular formula is C31H30BClF2N6O12. The van der Waals surface area contributed by atoms with Crippen molar-refractivity contribution in [2.24, 2.45) is 0 Å². The number of aromatic hydroxyl groups is 3.